The number of ketones is 1. The highest BCUT2D eigenvalue weighted by molar-refractivity contribution is 6.30. The van der Waals surface area contributed by atoms with Crippen LogP contribution >= 0.6 is 11.6 Å². The molecular weight excluding hydrogens is 669 g/mol. The summed E-state index contributed by atoms with van der Waals surface area (Å²) in [6.07, 6.45) is -6.64. The van der Waals surface area contributed by atoms with Crippen LogP contribution < -0.4 is 26.0 Å². The minimum absolute atomic E-state index is 0.0644. The topological polar surface area (TPSA) is 163 Å². The van der Waals surface area contributed by atoms with Crippen LogP contribution in [-0.4, -0.2) is 60.1 Å². The fraction of sp³-hybridized carbons (Fsp3) is 0.324. The Morgan fingerprint density at radius 3 is 2.02 bits per heavy atom. The van der Waals surface area contributed by atoms with Crippen molar-refractivity contribution < 1.29 is 47.0 Å². The highest BCUT2D eigenvalue weighted by Crippen LogP contribution is 2.24. The average Bonchev–Trinajstić information content (AvgIpc) is 3.04. The zero-order valence-corrected chi connectivity index (χ0v) is 27.5. The van der Waals surface area contributed by atoms with Gasteiger partial charge < -0.3 is 31.1 Å². The molecule has 49 heavy (non-hydrogen) atoms. The average molecular weight is 705 g/mol. The third kappa shape index (κ3) is 11.8. The van der Waals surface area contributed by atoms with E-state index in [0.29, 0.717) is 27.5 Å². The Kier molecular flexibility index (Phi) is 13.6. The number of halogens is 4. The largest absolute Gasteiger partial charge is 0.497 e. The van der Waals surface area contributed by atoms with Crippen molar-refractivity contribution in [3.05, 3.63) is 100 Å². The second-order valence-corrected chi connectivity index (χ2v) is 11.8. The number of hydrogen-bond donors (Lipinski definition) is 5. The Morgan fingerprint density at radius 2 is 1.47 bits per heavy atom. The third-order valence-electron chi connectivity index (χ3n) is 7.34. The van der Waals surface area contributed by atoms with Crippen LogP contribution in [0.2, 0.25) is 5.02 Å². The second kappa shape index (κ2) is 17.3. The standard InChI is InChI=1S/C34H36ClF3N4O7/c1-19(2)28(30(44)34(36,37)38)41-32(46)29(23-11-13-25(49-3)14-12-23)42-31(45)26(16-22-5-4-6-24(35)15-22)40-27(43)17-20-7-9-21(10-8-20)18-39-33(47)48/h4-15,19,26,28-29,39H,16-18H2,1-3H3,(H,40,43)(H,41,46)(H,42,45)(H,47,48)/t26-,28-,29-/m0/s1. The van der Waals surface area contributed by atoms with E-state index >= 15 is 0 Å². The molecular formula is C34H36ClF3N4O7. The van der Waals surface area contributed by atoms with Gasteiger partial charge in [-0.3, -0.25) is 19.2 Å². The number of hydrogen-bond acceptors (Lipinski definition) is 6. The highest BCUT2D eigenvalue weighted by atomic mass is 35.5. The molecule has 0 unspecified atom stereocenters. The molecule has 0 saturated heterocycles. The van der Waals surface area contributed by atoms with E-state index in [1.54, 1.807) is 48.5 Å². The van der Waals surface area contributed by atoms with Gasteiger partial charge in [0, 0.05) is 18.0 Å². The lowest BCUT2D eigenvalue weighted by Crippen LogP contribution is -2.55. The molecule has 0 bridgehead atoms. The van der Waals surface area contributed by atoms with Crippen LogP contribution in [0, 0.1) is 5.92 Å². The molecule has 262 valence electrons. The molecule has 3 aromatic rings. The monoisotopic (exact) mass is 704 g/mol. The molecule has 0 spiro atoms. The quantitative estimate of drug-likeness (QED) is 0.155. The Labute approximate surface area is 285 Å². The molecule has 0 radical (unpaired) electrons. The summed E-state index contributed by atoms with van der Waals surface area (Å²) in [7, 11) is 1.41. The first-order valence-electron chi connectivity index (χ1n) is 15.0. The number of carbonyl (C=O) groups is 5. The van der Waals surface area contributed by atoms with Crippen molar-refractivity contribution in [1.82, 2.24) is 21.3 Å². The molecule has 0 saturated carbocycles. The predicted octanol–water partition coefficient (Wildman–Crippen LogP) is 4.52. The van der Waals surface area contributed by atoms with Gasteiger partial charge in [0.2, 0.25) is 17.7 Å². The molecule has 3 aromatic carbocycles. The molecule has 0 heterocycles. The van der Waals surface area contributed by atoms with Gasteiger partial charge in [-0.1, -0.05) is 74.0 Å². The van der Waals surface area contributed by atoms with Crippen molar-refractivity contribution in [3.63, 3.8) is 0 Å². The smallest absolute Gasteiger partial charge is 0.452 e. The molecule has 0 aliphatic heterocycles. The fourth-order valence-corrected chi connectivity index (χ4v) is 4.99. The molecule has 0 aliphatic carbocycles. The van der Waals surface area contributed by atoms with Crippen molar-refractivity contribution in [2.24, 2.45) is 5.92 Å². The van der Waals surface area contributed by atoms with Gasteiger partial charge in [-0.05, 0) is 52.4 Å². The first-order chi connectivity index (χ1) is 23.1. The molecule has 3 rings (SSSR count). The van der Waals surface area contributed by atoms with Crippen LogP contribution in [0.1, 0.15) is 42.1 Å². The Bertz CT molecular complexity index is 1630. The van der Waals surface area contributed by atoms with Gasteiger partial charge in [0.15, 0.2) is 0 Å². The Hall–Kier alpha value is -5.11. The summed E-state index contributed by atoms with van der Waals surface area (Å²) in [5.41, 5.74) is 1.94. The number of nitrogens with one attached hydrogen (secondary N) is 4. The van der Waals surface area contributed by atoms with Gasteiger partial charge in [0.05, 0.1) is 19.6 Å². The zero-order valence-electron chi connectivity index (χ0n) is 26.8. The van der Waals surface area contributed by atoms with Gasteiger partial charge in [-0.25, -0.2) is 4.79 Å². The number of carboxylic acid groups (broad SMARTS) is 1. The number of benzene rings is 3. The highest BCUT2D eigenvalue weighted by Gasteiger charge is 2.45. The van der Waals surface area contributed by atoms with Crippen molar-refractivity contribution in [2.75, 3.05) is 7.11 Å². The van der Waals surface area contributed by atoms with Crippen molar-refractivity contribution in [2.45, 2.75) is 57.5 Å². The third-order valence-corrected chi connectivity index (χ3v) is 7.57. The van der Waals surface area contributed by atoms with Gasteiger partial charge in [0.25, 0.3) is 5.78 Å². The number of methoxy groups -OCH3 is 1. The summed E-state index contributed by atoms with van der Waals surface area (Å²) in [6, 6.07) is 14.1. The first kappa shape index (κ1) is 38.3. The van der Waals surface area contributed by atoms with Crippen molar-refractivity contribution in [3.8, 4) is 5.75 Å². The summed E-state index contributed by atoms with van der Waals surface area (Å²) in [6.45, 7) is 2.74. The normalized spacial score (nSPS) is 13.1. The molecule has 0 aromatic heterocycles. The van der Waals surface area contributed by atoms with Crippen molar-refractivity contribution in [1.29, 1.82) is 0 Å². The SMILES string of the molecule is COc1ccc([C@H](NC(=O)[C@H](Cc2cccc(Cl)c2)NC(=O)Cc2ccc(CNC(=O)O)cc2)C(=O)N[C@H](C(=O)C(F)(F)F)C(C)C)cc1. The maximum absolute atomic E-state index is 13.9. The molecule has 11 nitrogen and oxygen atoms in total. The zero-order chi connectivity index (χ0) is 36.3. The maximum Gasteiger partial charge on any atom is 0.452 e. The van der Waals surface area contributed by atoms with Gasteiger partial charge in [-0.15, -0.1) is 0 Å². The summed E-state index contributed by atoms with van der Waals surface area (Å²) in [5, 5.41) is 18.7. The molecule has 0 aliphatic rings. The van der Waals surface area contributed by atoms with Crippen LogP contribution in [0.4, 0.5) is 18.0 Å². The summed E-state index contributed by atoms with van der Waals surface area (Å²) in [5.74, 6) is -5.18. The molecule has 0 fully saturated rings. The number of amides is 4. The summed E-state index contributed by atoms with van der Waals surface area (Å²) < 4.78 is 45.3. The lowest BCUT2D eigenvalue weighted by molar-refractivity contribution is -0.175. The lowest BCUT2D eigenvalue weighted by Gasteiger charge is -2.27. The predicted molar refractivity (Wildman–Crippen MR) is 174 cm³/mol. The van der Waals surface area contributed by atoms with E-state index in [1.807, 2.05) is 0 Å². The number of ether oxygens (including phenoxy) is 1. The number of alkyl halides is 3. The van der Waals surface area contributed by atoms with E-state index in [-0.39, 0.29) is 24.9 Å². The second-order valence-electron chi connectivity index (χ2n) is 11.4. The molecule has 4 amide bonds. The minimum atomic E-state index is -5.22. The van der Waals surface area contributed by atoms with Gasteiger partial charge >= 0.3 is 12.3 Å². The van der Waals surface area contributed by atoms with E-state index in [2.05, 4.69) is 21.3 Å². The van der Waals surface area contributed by atoms with E-state index in [4.69, 9.17) is 21.4 Å². The van der Waals surface area contributed by atoms with Crippen LogP contribution in [0.15, 0.2) is 72.8 Å². The van der Waals surface area contributed by atoms with Crippen LogP contribution in [0.3, 0.4) is 0 Å². The number of Topliss-reactive ketones (excluding diaryl/α,β-unsaturated/α-hetero) is 1. The van der Waals surface area contributed by atoms with Gasteiger partial charge in [-0.2, -0.15) is 13.2 Å². The van der Waals surface area contributed by atoms with E-state index in [0.717, 1.165) is 0 Å². The first-order valence-corrected chi connectivity index (χ1v) is 15.4. The maximum atomic E-state index is 13.9. The Balaban J connectivity index is 1.89. The van der Waals surface area contributed by atoms with E-state index < -0.39 is 59.8 Å². The molecule has 15 heteroatoms. The van der Waals surface area contributed by atoms with Gasteiger partial charge in [0.1, 0.15) is 17.8 Å². The fourth-order valence-electron chi connectivity index (χ4n) is 4.78. The molecule has 5 N–H and O–H groups in total. The molecule has 3 atom stereocenters. The Morgan fingerprint density at radius 1 is 0.837 bits per heavy atom. The minimum Gasteiger partial charge on any atom is -0.497 e. The number of rotatable bonds is 15. The lowest BCUT2D eigenvalue weighted by atomic mass is 9.97. The van der Waals surface area contributed by atoms with Crippen LogP contribution in [-0.2, 0) is 38.6 Å². The van der Waals surface area contributed by atoms with Crippen LogP contribution in [0.5, 0.6) is 5.75 Å². The summed E-state index contributed by atoms with van der Waals surface area (Å²) in [4.78, 5) is 63.5. The summed E-state index contributed by atoms with van der Waals surface area (Å²) >= 11 is 6.14. The number of carbonyl (C=O) groups excluding carboxylic acids is 4. The van der Waals surface area contributed by atoms with E-state index in [9.17, 15) is 37.1 Å². The van der Waals surface area contributed by atoms with Crippen LogP contribution in [0.25, 0.3) is 0 Å². The van der Waals surface area contributed by atoms with E-state index in [1.165, 1.54) is 45.2 Å². The van der Waals surface area contributed by atoms with Crippen molar-refractivity contribution >= 4 is 41.2 Å².